The van der Waals surface area contributed by atoms with Crippen molar-refractivity contribution in [2.45, 2.75) is 20.3 Å². The molecule has 0 N–H and O–H groups in total. The number of aromatic nitrogens is 1. The van der Waals surface area contributed by atoms with Crippen LogP contribution in [0.2, 0.25) is 0 Å². The predicted octanol–water partition coefficient (Wildman–Crippen LogP) is 2.75. The second-order valence-electron chi connectivity index (χ2n) is 2.33. The maximum absolute atomic E-state index is 4.39. The van der Waals surface area contributed by atoms with Gasteiger partial charge in [0.05, 0.1) is 5.01 Å². The first-order valence-electron chi connectivity index (χ1n) is 3.81. The average molecular weight is 187 g/mol. The number of hydrogen-bond donors (Lipinski definition) is 0. The largest absolute Gasteiger partial charge is 0.247 e. The van der Waals surface area contributed by atoms with Gasteiger partial charge >= 0.3 is 0 Å². The molecule has 0 saturated heterocycles. The predicted molar refractivity (Wildman–Crippen MR) is 53.6 cm³/mol. The highest BCUT2D eigenvalue weighted by Crippen LogP contribution is 2.11. The van der Waals surface area contributed by atoms with Crippen molar-refractivity contribution in [3.8, 4) is 0 Å². The first-order valence-corrected chi connectivity index (χ1v) is 5.85. The molecule has 0 spiro atoms. The third-order valence-electron chi connectivity index (χ3n) is 1.33. The molecule has 0 amide bonds. The van der Waals surface area contributed by atoms with Gasteiger partial charge in [0, 0.05) is 17.5 Å². The standard InChI is InChI=1S/C8H13NS2/c1-3-10-5-4-8-9-7(2)6-11-8/h6H,3-5H2,1-2H3. The van der Waals surface area contributed by atoms with Gasteiger partial charge in [0.1, 0.15) is 0 Å². The van der Waals surface area contributed by atoms with Crippen molar-refractivity contribution in [1.82, 2.24) is 4.98 Å². The summed E-state index contributed by atoms with van der Waals surface area (Å²) in [4.78, 5) is 4.39. The van der Waals surface area contributed by atoms with Crippen LogP contribution in [0.5, 0.6) is 0 Å². The molecule has 0 aliphatic carbocycles. The van der Waals surface area contributed by atoms with Crippen LogP contribution in [0.3, 0.4) is 0 Å². The number of thioether (sulfide) groups is 1. The van der Waals surface area contributed by atoms with Gasteiger partial charge in [-0.15, -0.1) is 11.3 Å². The molecule has 1 aromatic heterocycles. The van der Waals surface area contributed by atoms with E-state index in [-0.39, 0.29) is 0 Å². The second-order valence-corrected chi connectivity index (χ2v) is 4.67. The molecule has 0 aromatic carbocycles. The Labute approximate surface area is 76.2 Å². The van der Waals surface area contributed by atoms with Crippen molar-refractivity contribution in [3.63, 3.8) is 0 Å². The number of rotatable bonds is 4. The van der Waals surface area contributed by atoms with Gasteiger partial charge in [-0.2, -0.15) is 11.8 Å². The van der Waals surface area contributed by atoms with Crippen LogP contribution in [0, 0.1) is 6.92 Å². The summed E-state index contributed by atoms with van der Waals surface area (Å²) in [6, 6.07) is 0. The molecule has 3 heteroatoms. The summed E-state index contributed by atoms with van der Waals surface area (Å²) >= 11 is 3.75. The van der Waals surface area contributed by atoms with Crippen molar-refractivity contribution in [2.75, 3.05) is 11.5 Å². The minimum absolute atomic E-state index is 1.14. The Kier molecular flexibility index (Phi) is 3.94. The summed E-state index contributed by atoms with van der Waals surface area (Å²) in [7, 11) is 0. The molecular weight excluding hydrogens is 174 g/mol. The highest BCUT2D eigenvalue weighted by Gasteiger charge is 1.96. The fourth-order valence-corrected chi connectivity index (χ4v) is 2.35. The molecule has 1 heterocycles. The Balaban J connectivity index is 2.27. The van der Waals surface area contributed by atoms with Gasteiger partial charge in [-0.05, 0) is 18.4 Å². The Bertz CT molecular complexity index is 208. The van der Waals surface area contributed by atoms with Gasteiger partial charge in [-0.1, -0.05) is 6.92 Å². The highest BCUT2D eigenvalue weighted by atomic mass is 32.2. The first-order chi connectivity index (χ1) is 5.33. The molecule has 0 fully saturated rings. The van der Waals surface area contributed by atoms with Crippen LogP contribution in [0.15, 0.2) is 5.38 Å². The lowest BCUT2D eigenvalue weighted by atomic mass is 10.5. The molecule has 1 aromatic rings. The Morgan fingerprint density at radius 3 is 3.00 bits per heavy atom. The van der Waals surface area contributed by atoms with Crippen molar-refractivity contribution < 1.29 is 0 Å². The Hall–Kier alpha value is -0.0200. The van der Waals surface area contributed by atoms with Gasteiger partial charge in [-0.3, -0.25) is 0 Å². The normalized spacial score (nSPS) is 10.4. The van der Waals surface area contributed by atoms with E-state index in [4.69, 9.17) is 0 Å². The Morgan fingerprint density at radius 1 is 1.64 bits per heavy atom. The zero-order valence-electron chi connectivity index (χ0n) is 6.96. The van der Waals surface area contributed by atoms with Crippen LogP contribution < -0.4 is 0 Å². The lowest BCUT2D eigenvalue weighted by molar-refractivity contribution is 1.08. The second kappa shape index (κ2) is 4.78. The summed E-state index contributed by atoms with van der Waals surface area (Å²) in [5.41, 5.74) is 1.16. The summed E-state index contributed by atoms with van der Waals surface area (Å²) in [5.74, 6) is 2.42. The molecule has 62 valence electrons. The quantitative estimate of drug-likeness (QED) is 0.672. The average Bonchev–Trinajstić information content (AvgIpc) is 2.37. The van der Waals surface area contributed by atoms with E-state index in [1.165, 1.54) is 16.5 Å². The minimum Gasteiger partial charge on any atom is -0.247 e. The van der Waals surface area contributed by atoms with Crippen molar-refractivity contribution in [3.05, 3.63) is 16.1 Å². The van der Waals surface area contributed by atoms with E-state index < -0.39 is 0 Å². The topological polar surface area (TPSA) is 12.9 Å². The summed E-state index contributed by atoms with van der Waals surface area (Å²) in [6.45, 7) is 4.24. The molecule has 0 bridgehead atoms. The van der Waals surface area contributed by atoms with Gasteiger partial charge in [0.2, 0.25) is 0 Å². The van der Waals surface area contributed by atoms with Crippen LogP contribution in [0.1, 0.15) is 17.6 Å². The summed E-state index contributed by atoms with van der Waals surface area (Å²) in [5, 5.41) is 3.40. The van der Waals surface area contributed by atoms with E-state index >= 15 is 0 Å². The van der Waals surface area contributed by atoms with Crippen molar-refractivity contribution >= 4 is 23.1 Å². The number of thiazole rings is 1. The van der Waals surface area contributed by atoms with Gasteiger partial charge in [0.25, 0.3) is 0 Å². The van der Waals surface area contributed by atoms with E-state index in [9.17, 15) is 0 Å². The molecule has 0 saturated carbocycles. The summed E-state index contributed by atoms with van der Waals surface area (Å²) < 4.78 is 0. The minimum atomic E-state index is 1.14. The maximum Gasteiger partial charge on any atom is 0.0936 e. The van der Waals surface area contributed by atoms with E-state index in [1.807, 2.05) is 18.7 Å². The van der Waals surface area contributed by atoms with Gasteiger partial charge in [-0.25, -0.2) is 4.98 Å². The lowest BCUT2D eigenvalue weighted by Crippen LogP contribution is -1.87. The van der Waals surface area contributed by atoms with E-state index in [0.29, 0.717) is 0 Å². The maximum atomic E-state index is 4.39. The van der Waals surface area contributed by atoms with Crippen LogP contribution in [0.4, 0.5) is 0 Å². The molecule has 1 nitrogen and oxygen atoms in total. The third kappa shape index (κ3) is 3.25. The fraction of sp³-hybridized carbons (Fsp3) is 0.625. The monoisotopic (exact) mass is 187 g/mol. The smallest absolute Gasteiger partial charge is 0.0936 e. The van der Waals surface area contributed by atoms with Gasteiger partial charge in [0.15, 0.2) is 0 Å². The van der Waals surface area contributed by atoms with E-state index in [1.54, 1.807) is 11.3 Å². The van der Waals surface area contributed by atoms with Crippen molar-refractivity contribution in [2.24, 2.45) is 0 Å². The molecule has 0 aliphatic rings. The Morgan fingerprint density at radius 2 is 2.45 bits per heavy atom. The van der Waals surface area contributed by atoms with Crippen LogP contribution >= 0.6 is 23.1 Å². The molecule has 0 aliphatic heterocycles. The van der Waals surface area contributed by atoms with E-state index in [0.717, 1.165) is 12.1 Å². The third-order valence-corrected chi connectivity index (χ3v) is 3.26. The summed E-state index contributed by atoms with van der Waals surface area (Å²) in [6.07, 6.45) is 1.14. The SMILES string of the molecule is CCSCCc1nc(C)cs1. The van der Waals surface area contributed by atoms with Crippen molar-refractivity contribution in [1.29, 1.82) is 0 Å². The van der Waals surface area contributed by atoms with Crippen LogP contribution in [-0.2, 0) is 6.42 Å². The molecule has 0 atom stereocenters. The molecule has 11 heavy (non-hydrogen) atoms. The first kappa shape index (κ1) is 9.07. The molecular formula is C8H13NS2. The van der Waals surface area contributed by atoms with Crippen LogP contribution in [-0.4, -0.2) is 16.5 Å². The number of hydrogen-bond acceptors (Lipinski definition) is 3. The lowest BCUT2D eigenvalue weighted by Gasteiger charge is -1.93. The van der Waals surface area contributed by atoms with Gasteiger partial charge < -0.3 is 0 Å². The number of nitrogens with zero attached hydrogens (tertiary/aromatic N) is 1. The van der Waals surface area contributed by atoms with Crippen LogP contribution in [0.25, 0.3) is 0 Å². The highest BCUT2D eigenvalue weighted by molar-refractivity contribution is 7.99. The van der Waals surface area contributed by atoms with E-state index in [2.05, 4.69) is 17.3 Å². The molecule has 1 rings (SSSR count). The number of aryl methyl sites for hydroxylation is 2. The molecule has 0 unspecified atom stereocenters. The zero-order valence-corrected chi connectivity index (χ0v) is 8.60. The molecule has 0 radical (unpaired) electrons. The fourth-order valence-electron chi connectivity index (χ4n) is 0.821. The zero-order chi connectivity index (χ0) is 8.10.